The largest absolute Gasteiger partial charge is 0.508 e. The van der Waals surface area contributed by atoms with Gasteiger partial charge in [0.1, 0.15) is 5.75 Å². The van der Waals surface area contributed by atoms with E-state index in [-0.39, 0.29) is 18.2 Å². The van der Waals surface area contributed by atoms with Crippen molar-refractivity contribution in [2.45, 2.75) is 52.1 Å². The van der Waals surface area contributed by atoms with Crippen LogP contribution in [0.25, 0.3) is 0 Å². The molecule has 0 aliphatic heterocycles. The predicted molar refractivity (Wildman–Crippen MR) is 84.1 cm³/mol. The lowest BCUT2D eigenvalue weighted by molar-refractivity contribution is -0.122. The minimum absolute atomic E-state index is 0.108. The summed E-state index contributed by atoms with van der Waals surface area (Å²) in [6, 6.07) is 7.01. The summed E-state index contributed by atoms with van der Waals surface area (Å²) in [4.78, 5) is 11.8. The smallest absolute Gasteiger partial charge is 0.220 e. The zero-order valence-corrected chi connectivity index (χ0v) is 13.2. The topological polar surface area (TPSA) is 69.6 Å². The zero-order valence-electron chi connectivity index (χ0n) is 13.2. The van der Waals surface area contributed by atoms with Crippen molar-refractivity contribution < 1.29 is 15.0 Å². The first-order valence-corrected chi connectivity index (χ1v) is 7.56. The van der Waals surface area contributed by atoms with Crippen LogP contribution in [-0.2, 0) is 11.2 Å². The molecule has 118 valence electrons. The number of carbonyl (C=O) groups excluding carboxylic acids is 1. The van der Waals surface area contributed by atoms with E-state index >= 15 is 0 Å². The molecule has 0 fully saturated rings. The molecule has 0 bridgehead atoms. The Morgan fingerprint density at radius 1 is 1.33 bits per heavy atom. The van der Waals surface area contributed by atoms with Crippen LogP contribution in [0, 0.1) is 5.92 Å². The third-order valence-electron chi connectivity index (χ3n) is 3.54. The van der Waals surface area contributed by atoms with Crippen LogP contribution in [0.2, 0.25) is 0 Å². The van der Waals surface area contributed by atoms with E-state index in [2.05, 4.69) is 19.2 Å². The summed E-state index contributed by atoms with van der Waals surface area (Å²) in [7, 11) is 0. The number of benzene rings is 1. The van der Waals surface area contributed by atoms with Gasteiger partial charge >= 0.3 is 0 Å². The predicted octanol–water partition coefficient (Wildman–Crippen LogP) is 2.63. The lowest BCUT2D eigenvalue weighted by atomic mass is 9.95. The number of nitrogens with one attached hydrogen (secondary N) is 1. The van der Waals surface area contributed by atoms with Gasteiger partial charge in [0.05, 0.1) is 5.60 Å². The number of carbonyl (C=O) groups is 1. The van der Waals surface area contributed by atoms with E-state index in [0.29, 0.717) is 25.2 Å². The Bertz CT molecular complexity index is 455. The van der Waals surface area contributed by atoms with Crippen LogP contribution < -0.4 is 5.32 Å². The molecule has 1 unspecified atom stereocenters. The van der Waals surface area contributed by atoms with Crippen LogP contribution in [0.4, 0.5) is 0 Å². The number of para-hydroxylation sites is 1. The van der Waals surface area contributed by atoms with Gasteiger partial charge in [0, 0.05) is 13.0 Å². The van der Waals surface area contributed by atoms with E-state index in [1.54, 1.807) is 25.1 Å². The molecule has 4 nitrogen and oxygen atoms in total. The van der Waals surface area contributed by atoms with Gasteiger partial charge in [0.2, 0.25) is 5.91 Å². The van der Waals surface area contributed by atoms with Gasteiger partial charge in [-0.15, -0.1) is 0 Å². The summed E-state index contributed by atoms with van der Waals surface area (Å²) in [5.41, 5.74) is -0.103. The van der Waals surface area contributed by atoms with Crippen LogP contribution in [-0.4, -0.2) is 28.3 Å². The molecular weight excluding hydrogens is 266 g/mol. The van der Waals surface area contributed by atoms with Crippen LogP contribution in [0.15, 0.2) is 24.3 Å². The molecule has 0 aliphatic rings. The monoisotopic (exact) mass is 293 g/mol. The van der Waals surface area contributed by atoms with Gasteiger partial charge in [-0.3, -0.25) is 4.79 Å². The summed E-state index contributed by atoms with van der Waals surface area (Å²) < 4.78 is 0. The third kappa shape index (κ3) is 7.14. The molecular formula is C17H27NO3. The average molecular weight is 293 g/mol. The van der Waals surface area contributed by atoms with Crippen LogP contribution in [0.5, 0.6) is 5.75 Å². The fourth-order valence-corrected chi connectivity index (χ4v) is 2.04. The average Bonchev–Trinajstić information content (AvgIpc) is 2.42. The minimum Gasteiger partial charge on any atom is -0.508 e. The number of rotatable bonds is 8. The molecule has 0 saturated carbocycles. The van der Waals surface area contributed by atoms with E-state index in [0.717, 1.165) is 12.0 Å². The van der Waals surface area contributed by atoms with E-state index in [9.17, 15) is 15.0 Å². The Morgan fingerprint density at radius 3 is 2.62 bits per heavy atom. The molecule has 0 aliphatic carbocycles. The van der Waals surface area contributed by atoms with E-state index < -0.39 is 5.60 Å². The Hall–Kier alpha value is -1.55. The van der Waals surface area contributed by atoms with Crippen molar-refractivity contribution in [1.82, 2.24) is 5.32 Å². The van der Waals surface area contributed by atoms with Crippen molar-refractivity contribution in [2.24, 2.45) is 5.92 Å². The fraction of sp³-hybridized carbons (Fsp3) is 0.588. The first kappa shape index (κ1) is 17.5. The maximum absolute atomic E-state index is 11.8. The first-order valence-electron chi connectivity index (χ1n) is 7.56. The van der Waals surface area contributed by atoms with Crippen molar-refractivity contribution >= 4 is 5.91 Å². The quantitative estimate of drug-likeness (QED) is 0.690. The molecule has 0 heterocycles. The molecule has 0 aromatic heterocycles. The number of hydrogen-bond donors (Lipinski definition) is 3. The van der Waals surface area contributed by atoms with Gasteiger partial charge in [-0.25, -0.2) is 0 Å². The molecule has 1 aromatic rings. The number of aromatic hydroxyl groups is 1. The van der Waals surface area contributed by atoms with Crippen molar-refractivity contribution in [3.05, 3.63) is 29.8 Å². The standard InChI is InChI=1S/C17H27NO3/c1-13(2)10-11-17(3,21)12-18-16(20)9-8-14-6-4-5-7-15(14)19/h4-7,13,19,21H,8-12H2,1-3H3,(H,18,20). The SMILES string of the molecule is CC(C)CCC(C)(O)CNC(=O)CCc1ccccc1O. The van der Waals surface area contributed by atoms with Crippen molar-refractivity contribution in [1.29, 1.82) is 0 Å². The molecule has 3 N–H and O–H groups in total. The van der Waals surface area contributed by atoms with Gasteiger partial charge in [-0.2, -0.15) is 0 Å². The summed E-state index contributed by atoms with van der Waals surface area (Å²) in [5, 5.41) is 22.6. The van der Waals surface area contributed by atoms with Gasteiger partial charge < -0.3 is 15.5 Å². The fourth-order valence-electron chi connectivity index (χ4n) is 2.04. The molecule has 1 atom stereocenters. The zero-order chi connectivity index (χ0) is 15.9. The van der Waals surface area contributed by atoms with Gasteiger partial charge in [0.15, 0.2) is 0 Å². The van der Waals surface area contributed by atoms with E-state index in [4.69, 9.17) is 0 Å². The second-order valence-corrected chi connectivity index (χ2v) is 6.33. The second-order valence-electron chi connectivity index (χ2n) is 6.33. The van der Waals surface area contributed by atoms with Gasteiger partial charge in [-0.05, 0) is 43.7 Å². The number of phenols is 1. The van der Waals surface area contributed by atoms with Crippen molar-refractivity contribution in [3.63, 3.8) is 0 Å². The Labute approximate surface area is 127 Å². The number of amides is 1. The van der Waals surface area contributed by atoms with Gasteiger partial charge in [0.25, 0.3) is 0 Å². The molecule has 0 spiro atoms. The maximum atomic E-state index is 11.8. The number of aryl methyl sites for hydroxylation is 1. The van der Waals surface area contributed by atoms with Crippen molar-refractivity contribution in [3.8, 4) is 5.75 Å². The number of aliphatic hydroxyl groups is 1. The summed E-state index contributed by atoms with van der Waals surface area (Å²) in [6.45, 7) is 6.24. The summed E-state index contributed by atoms with van der Waals surface area (Å²) >= 11 is 0. The molecule has 1 amide bonds. The molecule has 0 radical (unpaired) electrons. The van der Waals surface area contributed by atoms with Crippen LogP contribution in [0.3, 0.4) is 0 Å². The lowest BCUT2D eigenvalue weighted by Crippen LogP contribution is -2.40. The molecule has 0 saturated heterocycles. The Morgan fingerprint density at radius 2 is 2.00 bits per heavy atom. The highest BCUT2D eigenvalue weighted by Gasteiger charge is 2.21. The maximum Gasteiger partial charge on any atom is 0.220 e. The number of hydrogen-bond acceptors (Lipinski definition) is 3. The number of phenolic OH excluding ortho intramolecular Hbond substituents is 1. The molecule has 1 aromatic carbocycles. The highest BCUT2D eigenvalue weighted by atomic mass is 16.3. The summed E-state index contributed by atoms with van der Waals surface area (Å²) in [5.74, 6) is 0.644. The van der Waals surface area contributed by atoms with E-state index in [1.165, 1.54) is 0 Å². The third-order valence-corrected chi connectivity index (χ3v) is 3.54. The molecule has 4 heteroatoms. The lowest BCUT2D eigenvalue weighted by Gasteiger charge is -2.24. The first-order chi connectivity index (χ1) is 9.80. The Balaban J connectivity index is 2.32. The molecule has 21 heavy (non-hydrogen) atoms. The Kier molecular flexibility index (Phi) is 6.69. The van der Waals surface area contributed by atoms with Gasteiger partial charge in [-0.1, -0.05) is 32.0 Å². The minimum atomic E-state index is -0.866. The second kappa shape index (κ2) is 8.03. The highest BCUT2D eigenvalue weighted by molar-refractivity contribution is 5.76. The van der Waals surface area contributed by atoms with Crippen molar-refractivity contribution in [2.75, 3.05) is 6.54 Å². The summed E-state index contributed by atoms with van der Waals surface area (Å²) in [6.07, 6.45) is 2.40. The van der Waals surface area contributed by atoms with E-state index in [1.807, 2.05) is 6.07 Å². The normalized spacial score (nSPS) is 14.0. The highest BCUT2D eigenvalue weighted by Crippen LogP contribution is 2.18. The van der Waals surface area contributed by atoms with Crippen LogP contribution >= 0.6 is 0 Å². The van der Waals surface area contributed by atoms with Crippen LogP contribution in [0.1, 0.15) is 45.6 Å². The molecule has 1 rings (SSSR count).